The van der Waals surface area contributed by atoms with E-state index in [4.69, 9.17) is 10.00 Å². The van der Waals surface area contributed by atoms with Gasteiger partial charge in [-0.25, -0.2) is 4.79 Å². The number of ether oxygens (including phenoxy) is 2. The standard InChI is InChI=1S/C17H21N3O4/c1-3-24-10-6-9-19-16(21)13(11-18)12-20-15-8-5-4-7-14(15)17(22)23-2/h4-5,7-8,12,20H,3,6,9-10H2,1-2H3,(H,19,21)/b13-12-. The topological polar surface area (TPSA) is 100 Å². The predicted octanol–water partition coefficient (Wildman–Crippen LogP) is 1.84. The minimum Gasteiger partial charge on any atom is -0.465 e. The van der Waals surface area contributed by atoms with Gasteiger partial charge in [0.25, 0.3) is 5.91 Å². The van der Waals surface area contributed by atoms with Crippen LogP contribution in [0.15, 0.2) is 36.0 Å². The third-order valence-electron chi connectivity index (χ3n) is 3.02. The van der Waals surface area contributed by atoms with Gasteiger partial charge >= 0.3 is 5.97 Å². The number of anilines is 1. The third-order valence-corrected chi connectivity index (χ3v) is 3.02. The van der Waals surface area contributed by atoms with Crippen LogP contribution in [0.1, 0.15) is 23.7 Å². The van der Waals surface area contributed by atoms with Crippen LogP contribution >= 0.6 is 0 Å². The molecule has 0 aliphatic heterocycles. The molecule has 0 atom stereocenters. The third kappa shape index (κ3) is 6.10. The van der Waals surface area contributed by atoms with Gasteiger partial charge in [-0.3, -0.25) is 4.79 Å². The molecule has 1 amide bonds. The average molecular weight is 331 g/mol. The average Bonchev–Trinajstić information content (AvgIpc) is 2.61. The van der Waals surface area contributed by atoms with Crippen molar-refractivity contribution in [2.75, 3.05) is 32.2 Å². The zero-order valence-corrected chi connectivity index (χ0v) is 13.8. The monoisotopic (exact) mass is 331 g/mol. The molecule has 0 aliphatic rings. The number of benzene rings is 1. The van der Waals surface area contributed by atoms with Crippen molar-refractivity contribution in [3.05, 3.63) is 41.6 Å². The second-order valence-electron chi connectivity index (χ2n) is 4.66. The highest BCUT2D eigenvalue weighted by Crippen LogP contribution is 2.16. The number of methoxy groups -OCH3 is 1. The van der Waals surface area contributed by atoms with E-state index in [9.17, 15) is 9.59 Å². The molecule has 1 aromatic rings. The number of rotatable bonds is 9. The van der Waals surface area contributed by atoms with Crippen molar-refractivity contribution in [2.45, 2.75) is 13.3 Å². The van der Waals surface area contributed by atoms with Crippen LogP contribution in [0.25, 0.3) is 0 Å². The quantitative estimate of drug-likeness (QED) is 0.310. The Morgan fingerprint density at radius 2 is 2.08 bits per heavy atom. The van der Waals surface area contributed by atoms with Crippen LogP contribution in [0.5, 0.6) is 0 Å². The highest BCUT2D eigenvalue weighted by atomic mass is 16.5. The first-order valence-corrected chi connectivity index (χ1v) is 7.54. The summed E-state index contributed by atoms with van der Waals surface area (Å²) in [5.41, 5.74) is 0.665. The lowest BCUT2D eigenvalue weighted by Gasteiger charge is -2.08. The van der Waals surface area contributed by atoms with Gasteiger partial charge in [0.1, 0.15) is 11.6 Å². The Bertz CT molecular complexity index is 635. The first-order chi connectivity index (χ1) is 11.6. The molecule has 0 unspecified atom stereocenters. The maximum absolute atomic E-state index is 11.9. The number of nitrogens with one attached hydrogen (secondary N) is 2. The van der Waals surface area contributed by atoms with E-state index in [0.29, 0.717) is 37.4 Å². The summed E-state index contributed by atoms with van der Waals surface area (Å²) < 4.78 is 9.85. The summed E-state index contributed by atoms with van der Waals surface area (Å²) in [6.45, 7) is 3.48. The van der Waals surface area contributed by atoms with Gasteiger partial charge in [0.05, 0.1) is 18.4 Å². The Labute approximate surface area is 141 Å². The van der Waals surface area contributed by atoms with Gasteiger partial charge in [-0.1, -0.05) is 12.1 Å². The lowest BCUT2D eigenvalue weighted by atomic mass is 10.2. The van der Waals surface area contributed by atoms with E-state index in [1.54, 1.807) is 24.3 Å². The van der Waals surface area contributed by atoms with Crippen LogP contribution in [0, 0.1) is 11.3 Å². The van der Waals surface area contributed by atoms with E-state index < -0.39 is 11.9 Å². The van der Waals surface area contributed by atoms with Crippen molar-refractivity contribution in [1.82, 2.24) is 5.32 Å². The van der Waals surface area contributed by atoms with E-state index in [1.807, 2.05) is 13.0 Å². The van der Waals surface area contributed by atoms with Crippen molar-refractivity contribution < 1.29 is 19.1 Å². The van der Waals surface area contributed by atoms with Crippen LogP contribution in [0.4, 0.5) is 5.69 Å². The number of amides is 1. The van der Waals surface area contributed by atoms with Crippen LogP contribution in [-0.4, -0.2) is 38.7 Å². The second kappa shape index (κ2) is 10.8. The Morgan fingerprint density at radius 3 is 2.75 bits per heavy atom. The van der Waals surface area contributed by atoms with E-state index in [1.165, 1.54) is 13.3 Å². The zero-order chi connectivity index (χ0) is 17.8. The molecule has 0 radical (unpaired) electrons. The molecule has 24 heavy (non-hydrogen) atoms. The van der Waals surface area contributed by atoms with E-state index in [0.717, 1.165) is 0 Å². The molecule has 1 rings (SSSR count). The summed E-state index contributed by atoms with van der Waals surface area (Å²) in [5.74, 6) is -0.998. The van der Waals surface area contributed by atoms with Gasteiger partial charge in [0, 0.05) is 26.0 Å². The molecule has 128 valence electrons. The van der Waals surface area contributed by atoms with E-state index in [2.05, 4.69) is 15.4 Å². The second-order valence-corrected chi connectivity index (χ2v) is 4.66. The largest absolute Gasteiger partial charge is 0.465 e. The van der Waals surface area contributed by atoms with Crippen LogP contribution < -0.4 is 10.6 Å². The summed E-state index contributed by atoms with van der Waals surface area (Å²) in [7, 11) is 1.28. The molecule has 2 N–H and O–H groups in total. The molecule has 0 fully saturated rings. The molecule has 1 aromatic carbocycles. The number of hydrogen-bond donors (Lipinski definition) is 2. The predicted molar refractivity (Wildman–Crippen MR) is 89.2 cm³/mol. The lowest BCUT2D eigenvalue weighted by molar-refractivity contribution is -0.117. The van der Waals surface area contributed by atoms with Crippen molar-refractivity contribution in [3.63, 3.8) is 0 Å². The molecule has 7 heteroatoms. The Morgan fingerprint density at radius 1 is 1.33 bits per heavy atom. The van der Waals surface area contributed by atoms with Crippen LogP contribution in [0.2, 0.25) is 0 Å². The highest BCUT2D eigenvalue weighted by Gasteiger charge is 2.12. The van der Waals surface area contributed by atoms with Gasteiger partial charge in [0.2, 0.25) is 0 Å². The molecule has 0 saturated carbocycles. The van der Waals surface area contributed by atoms with Crippen molar-refractivity contribution in [3.8, 4) is 6.07 Å². The number of carbonyl (C=O) groups is 2. The first-order valence-electron chi connectivity index (χ1n) is 7.54. The maximum atomic E-state index is 11.9. The van der Waals surface area contributed by atoms with Gasteiger partial charge in [-0.05, 0) is 25.5 Å². The maximum Gasteiger partial charge on any atom is 0.339 e. The summed E-state index contributed by atoms with van der Waals surface area (Å²) in [6.07, 6.45) is 1.93. The Kier molecular flexibility index (Phi) is 8.64. The number of nitrogens with zero attached hydrogens (tertiary/aromatic N) is 1. The van der Waals surface area contributed by atoms with Gasteiger partial charge < -0.3 is 20.1 Å². The smallest absolute Gasteiger partial charge is 0.339 e. The van der Waals surface area contributed by atoms with Gasteiger partial charge in [-0.2, -0.15) is 5.26 Å². The first kappa shape index (κ1) is 19.2. The Balaban J connectivity index is 2.68. The fourth-order valence-electron chi connectivity index (χ4n) is 1.81. The summed E-state index contributed by atoms with van der Waals surface area (Å²) >= 11 is 0. The molecule has 0 bridgehead atoms. The van der Waals surface area contributed by atoms with Gasteiger partial charge in [0.15, 0.2) is 0 Å². The van der Waals surface area contributed by atoms with Crippen molar-refractivity contribution in [2.24, 2.45) is 0 Å². The normalized spacial score (nSPS) is 10.6. The number of hydrogen-bond acceptors (Lipinski definition) is 6. The van der Waals surface area contributed by atoms with Gasteiger partial charge in [-0.15, -0.1) is 0 Å². The molecule has 7 nitrogen and oxygen atoms in total. The van der Waals surface area contributed by atoms with E-state index >= 15 is 0 Å². The molecule has 0 heterocycles. The molecule has 0 saturated heterocycles. The fraction of sp³-hybridized carbons (Fsp3) is 0.353. The lowest BCUT2D eigenvalue weighted by Crippen LogP contribution is -2.26. The molecular weight excluding hydrogens is 310 g/mol. The highest BCUT2D eigenvalue weighted by molar-refractivity contribution is 5.98. The minimum atomic E-state index is -0.509. The Hall–Kier alpha value is -2.85. The van der Waals surface area contributed by atoms with Crippen LogP contribution in [-0.2, 0) is 14.3 Å². The van der Waals surface area contributed by atoms with Crippen LogP contribution in [0.3, 0.4) is 0 Å². The summed E-state index contributed by atoms with van der Waals surface area (Å²) in [5, 5.41) is 14.5. The number of para-hydroxylation sites is 1. The molecule has 0 aliphatic carbocycles. The fourth-order valence-corrected chi connectivity index (χ4v) is 1.81. The number of esters is 1. The molecular formula is C17H21N3O4. The van der Waals surface area contributed by atoms with Crippen molar-refractivity contribution >= 4 is 17.6 Å². The van der Waals surface area contributed by atoms with Crippen molar-refractivity contribution in [1.29, 1.82) is 5.26 Å². The zero-order valence-electron chi connectivity index (χ0n) is 13.8. The number of carbonyl (C=O) groups excluding carboxylic acids is 2. The van der Waals surface area contributed by atoms with E-state index in [-0.39, 0.29) is 5.57 Å². The summed E-state index contributed by atoms with van der Waals surface area (Å²) in [4.78, 5) is 23.6. The molecule has 0 aromatic heterocycles. The summed E-state index contributed by atoms with van der Waals surface area (Å²) in [6, 6.07) is 8.48. The minimum absolute atomic E-state index is 0.0916. The molecule has 0 spiro atoms. The number of nitriles is 1. The SMILES string of the molecule is CCOCCCNC(=O)/C(C#N)=C\Nc1ccccc1C(=O)OC.